The molecule has 27 heavy (non-hydrogen) atoms. The summed E-state index contributed by atoms with van der Waals surface area (Å²) in [5, 5.41) is 3.06. The molecule has 0 atom stereocenters. The van der Waals surface area contributed by atoms with Crippen molar-refractivity contribution in [2.75, 3.05) is 26.6 Å². The molecular formula is C19H21N3O4S. The van der Waals surface area contributed by atoms with Gasteiger partial charge in [-0.05, 0) is 30.4 Å². The van der Waals surface area contributed by atoms with Crippen LogP contribution < -0.4 is 25.3 Å². The number of benzene rings is 1. The molecule has 1 amide bonds. The third-order valence-electron chi connectivity index (χ3n) is 3.42. The zero-order valence-electron chi connectivity index (χ0n) is 15.0. The SMILES string of the molecule is COc1ccc(C(=O)N/C(S)=C/C=C/COc2ccncc2N)cc1OC. The van der Waals surface area contributed by atoms with E-state index in [9.17, 15) is 4.79 Å². The van der Waals surface area contributed by atoms with E-state index < -0.39 is 0 Å². The van der Waals surface area contributed by atoms with Gasteiger partial charge in [0.1, 0.15) is 12.4 Å². The number of pyridine rings is 1. The highest BCUT2D eigenvalue weighted by atomic mass is 32.1. The minimum Gasteiger partial charge on any atom is -0.493 e. The van der Waals surface area contributed by atoms with E-state index in [0.717, 1.165) is 0 Å². The molecule has 1 heterocycles. The topological polar surface area (TPSA) is 95.7 Å². The molecule has 0 bridgehead atoms. The minimum atomic E-state index is -0.314. The van der Waals surface area contributed by atoms with Crippen molar-refractivity contribution in [2.24, 2.45) is 0 Å². The van der Waals surface area contributed by atoms with Gasteiger partial charge in [0.2, 0.25) is 0 Å². The Balaban J connectivity index is 1.89. The van der Waals surface area contributed by atoms with E-state index in [1.54, 1.807) is 48.7 Å². The number of anilines is 1. The third-order valence-corrected chi connectivity index (χ3v) is 3.68. The van der Waals surface area contributed by atoms with Gasteiger partial charge in [-0.2, -0.15) is 0 Å². The quantitative estimate of drug-likeness (QED) is 0.476. The summed E-state index contributed by atoms with van der Waals surface area (Å²) in [4.78, 5) is 16.2. The van der Waals surface area contributed by atoms with Crippen molar-refractivity contribution in [3.63, 3.8) is 0 Å². The summed E-state index contributed by atoms with van der Waals surface area (Å²) in [6, 6.07) is 6.59. The second kappa shape index (κ2) is 10.1. The molecule has 2 aromatic rings. The number of carbonyl (C=O) groups is 1. The summed E-state index contributed by atoms with van der Waals surface area (Å²) in [6.07, 6.45) is 8.24. The van der Waals surface area contributed by atoms with Gasteiger partial charge in [0.05, 0.1) is 31.1 Å². The standard InChI is InChI=1S/C19H21N3O4S/c1-24-16-7-6-13(11-17(16)25-2)19(23)22-18(27)5-3-4-10-26-15-8-9-21-12-14(15)20/h3-9,11-12,27H,10,20H2,1-2H3,(H,22,23)/b4-3+,18-5-. The summed E-state index contributed by atoms with van der Waals surface area (Å²) in [7, 11) is 3.04. The number of carbonyl (C=O) groups excluding carboxylic acids is 1. The number of methoxy groups -OCH3 is 2. The maximum atomic E-state index is 12.3. The lowest BCUT2D eigenvalue weighted by Gasteiger charge is -2.09. The fourth-order valence-corrected chi connectivity index (χ4v) is 2.27. The average Bonchev–Trinajstić information content (AvgIpc) is 2.68. The normalized spacial score (nSPS) is 11.3. The number of amides is 1. The molecule has 2 rings (SSSR count). The number of nitrogen functional groups attached to an aromatic ring is 1. The van der Waals surface area contributed by atoms with Crippen LogP contribution >= 0.6 is 12.6 Å². The molecule has 0 unspecified atom stereocenters. The monoisotopic (exact) mass is 387 g/mol. The van der Waals surface area contributed by atoms with Gasteiger partial charge in [-0.3, -0.25) is 9.78 Å². The zero-order chi connectivity index (χ0) is 19.6. The summed E-state index contributed by atoms with van der Waals surface area (Å²) in [6.45, 7) is 0.315. The predicted molar refractivity (Wildman–Crippen MR) is 107 cm³/mol. The largest absolute Gasteiger partial charge is 0.493 e. The van der Waals surface area contributed by atoms with Crippen molar-refractivity contribution in [3.05, 3.63) is 65.5 Å². The molecule has 0 saturated carbocycles. The Morgan fingerprint density at radius 1 is 1.22 bits per heavy atom. The number of nitrogens with two attached hydrogens (primary N) is 1. The van der Waals surface area contributed by atoms with Crippen LogP contribution in [0.1, 0.15) is 10.4 Å². The molecule has 3 N–H and O–H groups in total. The number of ether oxygens (including phenoxy) is 3. The number of nitrogens with zero attached hydrogens (tertiary/aromatic N) is 1. The van der Waals surface area contributed by atoms with Crippen LogP contribution in [0.2, 0.25) is 0 Å². The van der Waals surface area contributed by atoms with Crippen molar-refractivity contribution >= 4 is 24.2 Å². The van der Waals surface area contributed by atoms with Gasteiger partial charge in [0.25, 0.3) is 5.91 Å². The average molecular weight is 387 g/mol. The Morgan fingerprint density at radius 2 is 2.00 bits per heavy atom. The van der Waals surface area contributed by atoms with E-state index in [1.165, 1.54) is 20.4 Å². The second-order valence-corrected chi connectivity index (χ2v) is 5.71. The smallest absolute Gasteiger partial charge is 0.256 e. The summed E-state index contributed by atoms with van der Waals surface area (Å²) >= 11 is 4.25. The van der Waals surface area contributed by atoms with Crippen LogP contribution in [0.25, 0.3) is 0 Å². The molecule has 142 valence electrons. The summed E-state index contributed by atoms with van der Waals surface area (Å²) in [5.74, 6) is 1.27. The van der Waals surface area contributed by atoms with Crippen LogP contribution in [0, 0.1) is 0 Å². The minimum absolute atomic E-state index is 0.314. The molecule has 0 aliphatic rings. The maximum Gasteiger partial charge on any atom is 0.256 e. The number of hydrogen-bond acceptors (Lipinski definition) is 7. The molecule has 1 aromatic heterocycles. The fourth-order valence-electron chi connectivity index (χ4n) is 2.09. The summed E-state index contributed by atoms with van der Waals surface area (Å²) in [5.41, 5.74) is 6.63. The molecular weight excluding hydrogens is 366 g/mol. The van der Waals surface area contributed by atoms with Crippen LogP contribution in [-0.4, -0.2) is 31.7 Å². The highest BCUT2D eigenvalue weighted by Gasteiger charge is 2.10. The van der Waals surface area contributed by atoms with E-state index in [2.05, 4.69) is 22.9 Å². The Labute approximate surface area is 163 Å². The number of nitrogens with one attached hydrogen (secondary N) is 1. The highest BCUT2D eigenvalue weighted by Crippen LogP contribution is 2.27. The van der Waals surface area contributed by atoms with E-state index in [1.807, 2.05) is 0 Å². The maximum absolute atomic E-state index is 12.3. The van der Waals surface area contributed by atoms with Gasteiger partial charge in [0, 0.05) is 17.8 Å². The fraction of sp³-hybridized carbons (Fsp3) is 0.158. The molecule has 0 radical (unpaired) electrons. The lowest BCUT2D eigenvalue weighted by atomic mass is 10.2. The van der Waals surface area contributed by atoms with Crippen LogP contribution in [-0.2, 0) is 0 Å². The number of hydrogen-bond donors (Lipinski definition) is 3. The molecule has 0 aliphatic heterocycles. The van der Waals surface area contributed by atoms with Gasteiger partial charge in [-0.15, -0.1) is 12.6 Å². The third kappa shape index (κ3) is 5.96. The van der Waals surface area contributed by atoms with Crippen molar-refractivity contribution in [2.45, 2.75) is 0 Å². The predicted octanol–water partition coefficient (Wildman–Crippen LogP) is 2.82. The first-order chi connectivity index (χ1) is 13.0. The number of thiol groups is 1. The zero-order valence-corrected chi connectivity index (χ0v) is 15.9. The number of allylic oxidation sites excluding steroid dienone is 2. The van der Waals surface area contributed by atoms with Crippen molar-refractivity contribution < 1.29 is 19.0 Å². The Kier molecular flexibility index (Phi) is 7.57. The first-order valence-electron chi connectivity index (χ1n) is 7.96. The molecule has 0 spiro atoms. The number of aromatic nitrogens is 1. The Hall–Kier alpha value is -3.13. The van der Waals surface area contributed by atoms with Crippen LogP contribution in [0.3, 0.4) is 0 Å². The van der Waals surface area contributed by atoms with E-state index in [-0.39, 0.29) is 5.91 Å². The molecule has 0 saturated heterocycles. The lowest BCUT2D eigenvalue weighted by Crippen LogP contribution is -2.20. The molecule has 7 nitrogen and oxygen atoms in total. The second-order valence-electron chi connectivity index (χ2n) is 5.23. The molecule has 0 aliphatic carbocycles. The van der Waals surface area contributed by atoms with Crippen molar-refractivity contribution in [3.8, 4) is 17.2 Å². The van der Waals surface area contributed by atoms with E-state index in [0.29, 0.717) is 40.1 Å². The van der Waals surface area contributed by atoms with Crippen molar-refractivity contribution in [1.82, 2.24) is 10.3 Å². The number of rotatable bonds is 8. The first-order valence-corrected chi connectivity index (χ1v) is 8.41. The highest BCUT2D eigenvalue weighted by molar-refractivity contribution is 7.84. The lowest BCUT2D eigenvalue weighted by molar-refractivity contribution is 0.0968. The van der Waals surface area contributed by atoms with Crippen molar-refractivity contribution in [1.29, 1.82) is 0 Å². The van der Waals surface area contributed by atoms with Crippen LogP contribution in [0.15, 0.2) is 59.9 Å². The Bertz CT molecular complexity index is 853. The van der Waals surface area contributed by atoms with Gasteiger partial charge < -0.3 is 25.3 Å². The molecule has 8 heteroatoms. The first kappa shape index (κ1) is 20.2. The van der Waals surface area contributed by atoms with Crippen LogP contribution in [0.5, 0.6) is 17.2 Å². The summed E-state index contributed by atoms with van der Waals surface area (Å²) < 4.78 is 15.8. The Morgan fingerprint density at radius 3 is 2.70 bits per heavy atom. The van der Waals surface area contributed by atoms with Gasteiger partial charge in [-0.1, -0.05) is 6.08 Å². The van der Waals surface area contributed by atoms with E-state index >= 15 is 0 Å². The van der Waals surface area contributed by atoms with Crippen LogP contribution in [0.4, 0.5) is 5.69 Å². The van der Waals surface area contributed by atoms with Gasteiger partial charge >= 0.3 is 0 Å². The van der Waals surface area contributed by atoms with E-state index in [4.69, 9.17) is 19.9 Å². The molecule has 0 fully saturated rings. The molecule has 1 aromatic carbocycles. The van der Waals surface area contributed by atoms with Gasteiger partial charge in [0.15, 0.2) is 11.5 Å². The van der Waals surface area contributed by atoms with Gasteiger partial charge in [-0.25, -0.2) is 0 Å².